The molecule has 2 fully saturated rings. The number of nitrogens with one attached hydrogen (secondary N) is 2. The highest BCUT2D eigenvalue weighted by atomic mass is 35.5. The monoisotopic (exact) mass is 353 g/mol. The predicted molar refractivity (Wildman–Crippen MR) is 87.8 cm³/mol. The molecule has 6 nitrogen and oxygen atoms in total. The van der Waals surface area contributed by atoms with E-state index in [0.717, 1.165) is 6.42 Å². The van der Waals surface area contributed by atoms with Gasteiger partial charge in [-0.3, -0.25) is 25.2 Å². The molecule has 0 unspecified atom stereocenters. The van der Waals surface area contributed by atoms with Crippen molar-refractivity contribution in [3.05, 3.63) is 34.9 Å². The molecule has 0 radical (unpaired) electrons. The van der Waals surface area contributed by atoms with Crippen LogP contribution in [0.1, 0.15) is 30.1 Å². The first-order chi connectivity index (χ1) is 10.9. The second-order valence-corrected chi connectivity index (χ2v) is 7.66. The van der Waals surface area contributed by atoms with Crippen molar-refractivity contribution in [2.24, 2.45) is 0 Å². The highest BCUT2D eigenvalue weighted by molar-refractivity contribution is 8.01. The average molecular weight is 354 g/mol. The smallest absolute Gasteiger partial charge is 0.269 e. The summed E-state index contributed by atoms with van der Waals surface area (Å²) in [6.45, 7) is 1.97. The summed E-state index contributed by atoms with van der Waals surface area (Å²) in [4.78, 5) is 37.7. The van der Waals surface area contributed by atoms with Gasteiger partial charge >= 0.3 is 0 Å². The van der Waals surface area contributed by atoms with Gasteiger partial charge in [-0.15, -0.1) is 11.8 Å². The molecule has 0 saturated carbocycles. The number of nitrogens with zero attached hydrogens (tertiary/aromatic N) is 1. The van der Waals surface area contributed by atoms with Gasteiger partial charge in [0.1, 0.15) is 6.04 Å². The number of hydrogen-bond donors (Lipinski definition) is 2. The zero-order chi connectivity index (χ0) is 16.6. The van der Waals surface area contributed by atoms with E-state index in [2.05, 4.69) is 10.9 Å². The van der Waals surface area contributed by atoms with Gasteiger partial charge in [0, 0.05) is 22.8 Å². The van der Waals surface area contributed by atoms with Gasteiger partial charge in [-0.2, -0.15) is 0 Å². The quantitative estimate of drug-likeness (QED) is 0.791. The zero-order valence-electron chi connectivity index (χ0n) is 12.5. The number of carbonyl (C=O) groups excluding carboxylic acids is 3. The van der Waals surface area contributed by atoms with Crippen molar-refractivity contribution in [3.63, 3.8) is 0 Å². The molecule has 2 aliphatic heterocycles. The van der Waals surface area contributed by atoms with Crippen molar-refractivity contribution in [3.8, 4) is 0 Å². The maximum absolute atomic E-state index is 12.3. The lowest BCUT2D eigenvalue weighted by molar-refractivity contribution is -0.138. The topological polar surface area (TPSA) is 78.5 Å². The summed E-state index contributed by atoms with van der Waals surface area (Å²) in [6, 6.07) is 5.86. The van der Waals surface area contributed by atoms with Crippen molar-refractivity contribution in [2.45, 2.75) is 30.7 Å². The van der Waals surface area contributed by atoms with Gasteiger partial charge in [0.25, 0.3) is 11.8 Å². The Bertz CT molecular complexity index is 684. The molecule has 0 aliphatic carbocycles. The standard InChI is InChI=1S/C15H16ClN3O3S/c1-15-6-5-12(20)19(15)11(8-23-15)14(22)18-17-13(21)9-3-2-4-10(16)7-9/h2-4,7,11H,5-6,8H2,1H3,(H,17,21)(H,18,22)/t11-,15-/m1/s1. The molecular weight excluding hydrogens is 338 g/mol. The van der Waals surface area contributed by atoms with Gasteiger partial charge in [-0.1, -0.05) is 17.7 Å². The minimum absolute atomic E-state index is 0.0150. The first kappa shape index (κ1) is 16.1. The number of thioether (sulfide) groups is 1. The van der Waals surface area contributed by atoms with Crippen LogP contribution in [0.3, 0.4) is 0 Å². The molecule has 2 aliphatic rings. The summed E-state index contributed by atoms with van der Waals surface area (Å²) in [6.07, 6.45) is 1.21. The third-order valence-electron chi connectivity index (χ3n) is 4.13. The van der Waals surface area contributed by atoms with Gasteiger partial charge in [0.2, 0.25) is 5.91 Å². The minimum atomic E-state index is -0.556. The van der Waals surface area contributed by atoms with Crippen molar-refractivity contribution in [1.29, 1.82) is 0 Å². The van der Waals surface area contributed by atoms with Gasteiger partial charge < -0.3 is 4.90 Å². The summed E-state index contributed by atoms with van der Waals surface area (Å²) in [5.74, 6) is -0.325. The van der Waals surface area contributed by atoms with Crippen molar-refractivity contribution < 1.29 is 14.4 Å². The largest absolute Gasteiger partial charge is 0.315 e. The summed E-state index contributed by atoms with van der Waals surface area (Å²) in [5.41, 5.74) is 5.12. The second kappa shape index (κ2) is 6.05. The first-order valence-corrected chi connectivity index (χ1v) is 8.59. The Labute approximate surface area is 142 Å². The Morgan fingerprint density at radius 2 is 2.17 bits per heavy atom. The van der Waals surface area contributed by atoms with Crippen molar-refractivity contribution >= 4 is 41.1 Å². The number of rotatable bonds is 2. The van der Waals surface area contributed by atoms with Gasteiger partial charge in [-0.05, 0) is 31.5 Å². The molecule has 2 heterocycles. The van der Waals surface area contributed by atoms with Crippen LogP contribution in [0.2, 0.25) is 5.02 Å². The SMILES string of the molecule is C[C@@]12CCC(=O)N1[C@@H](C(=O)NNC(=O)c1cccc(Cl)c1)CS2. The lowest BCUT2D eigenvalue weighted by Crippen LogP contribution is -2.54. The summed E-state index contributed by atoms with van der Waals surface area (Å²) in [5, 5.41) is 0.439. The first-order valence-electron chi connectivity index (χ1n) is 7.22. The van der Waals surface area contributed by atoms with Crippen LogP contribution >= 0.6 is 23.4 Å². The van der Waals surface area contributed by atoms with E-state index in [1.165, 1.54) is 6.07 Å². The molecule has 2 N–H and O–H groups in total. The molecule has 1 aromatic rings. The number of halogens is 1. The van der Waals surface area contributed by atoms with Gasteiger partial charge in [0.15, 0.2) is 0 Å². The van der Waals surface area contributed by atoms with E-state index in [-0.39, 0.29) is 16.7 Å². The van der Waals surface area contributed by atoms with E-state index in [0.29, 0.717) is 22.8 Å². The molecule has 8 heteroatoms. The van der Waals surface area contributed by atoms with Crippen LogP contribution in [0.5, 0.6) is 0 Å². The normalized spacial score (nSPS) is 26.1. The lowest BCUT2D eigenvalue weighted by atomic mass is 10.2. The Morgan fingerprint density at radius 1 is 1.39 bits per heavy atom. The lowest BCUT2D eigenvalue weighted by Gasteiger charge is -2.29. The van der Waals surface area contributed by atoms with Crippen LogP contribution < -0.4 is 10.9 Å². The minimum Gasteiger partial charge on any atom is -0.315 e. The Morgan fingerprint density at radius 3 is 2.91 bits per heavy atom. The zero-order valence-corrected chi connectivity index (χ0v) is 14.0. The molecule has 0 bridgehead atoms. The van der Waals surface area contributed by atoms with E-state index < -0.39 is 11.9 Å². The second-order valence-electron chi connectivity index (χ2n) is 5.72. The summed E-state index contributed by atoms with van der Waals surface area (Å²) in [7, 11) is 0. The third-order valence-corrected chi connectivity index (χ3v) is 5.87. The van der Waals surface area contributed by atoms with Gasteiger partial charge in [0.05, 0.1) is 4.87 Å². The number of hydrogen-bond acceptors (Lipinski definition) is 4. The molecule has 3 amide bonds. The number of amides is 3. The van der Waals surface area contributed by atoms with E-state index in [9.17, 15) is 14.4 Å². The molecule has 0 aromatic heterocycles. The Hall–Kier alpha value is -1.73. The molecule has 0 spiro atoms. The molecular formula is C15H16ClN3O3S. The van der Waals surface area contributed by atoms with Crippen molar-refractivity contribution in [2.75, 3.05) is 5.75 Å². The number of hydrazine groups is 1. The van der Waals surface area contributed by atoms with E-state index >= 15 is 0 Å². The number of fused-ring (bicyclic) bond motifs is 1. The fourth-order valence-corrected chi connectivity index (χ4v) is 4.54. The van der Waals surface area contributed by atoms with Crippen molar-refractivity contribution in [1.82, 2.24) is 15.8 Å². The van der Waals surface area contributed by atoms with E-state index in [4.69, 9.17) is 11.6 Å². The maximum Gasteiger partial charge on any atom is 0.269 e. The summed E-state index contributed by atoms with van der Waals surface area (Å²) >= 11 is 7.44. The molecule has 2 atom stereocenters. The fraction of sp³-hybridized carbons (Fsp3) is 0.400. The Balaban J connectivity index is 1.62. The van der Waals surface area contributed by atoms with Crippen LogP contribution in [-0.2, 0) is 9.59 Å². The maximum atomic E-state index is 12.3. The fourth-order valence-electron chi connectivity index (χ4n) is 2.92. The van der Waals surface area contributed by atoms with E-state index in [1.54, 1.807) is 34.9 Å². The number of carbonyl (C=O) groups is 3. The highest BCUT2D eigenvalue weighted by Crippen LogP contribution is 2.47. The van der Waals surface area contributed by atoms with Crippen LogP contribution in [-0.4, -0.2) is 39.3 Å². The number of benzene rings is 1. The summed E-state index contributed by atoms with van der Waals surface area (Å²) < 4.78 is 0. The van der Waals surface area contributed by atoms with Crippen LogP contribution in [0.15, 0.2) is 24.3 Å². The molecule has 23 heavy (non-hydrogen) atoms. The average Bonchev–Trinajstić information content (AvgIpc) is 3.01. The van der Waals surface area contributed by atoms with Crippen LogP contribution in [0.4, 0.5) is 0 Å². The molecule has 3 rings (SSSR count). The van der Waals surface area contributed by atoms with Crippen LogP contribution in [0.25, 0.3) is 0 Å². The highest BCUT2D eigenvalue weighted by Gasteiger charge is 2.52. The molecule has 122 valence electrons. The predicted octanol–water partition coefficient (Wildman–Crippen LogP) is 1.56. The van der Waals surface area contributed by atoms with Gasteiger partial charge in [-0.25, -0.2) is 0 Å². The Kier molecular flexibility index (Phi) is 4.25. The molecule has 1 aromatic carbocycles. The third kappa shape index (κ3) is 3.03. The molecule has 2 saturated heterocycles. The van der Waals surface area contributed by atoms with Crippen LogP contribution in [0, 0.1) is 0 Å². The van der Waals surface area contributed by atoms with E-state index in [1.807, 2.05) is 6.92 Å².